The quantitative estimate of drug-likeness (QED) is 0.634. The average molecular weight is 202 g/mol. The van der Waals surface area contributed by atoms with Crippen molar-refractivity contribution in [2.75, 3.05) is 14.2 Å². The van der Waals surface area contributed by atoms with Gasteiger partial charge in [0.15, 0.2) is 0 Å². The molecule has 0 spiro atoms. The molecular formula is C10H18O4. The summed E-state index contributed by atoms with van der Waals surface area (Å²) in [6, 6.07) is 0. The monoisotopic (exact) mass is 202 g/mol. The van der Waals surface area contributed by atoms with Crippen LogP contribution in [0, 0.1) is 5.41 Å². The maximum absolute atomic E-state index is 11.4. The number of hydrogen-bond donors (Lipinski definition) is 0. The van der Waals surface area contributed by atoms with Gasteiger partial charge in [0.25, 0.3) is 0 Å². The molecule has 0 saturated carbocycles. The number of ether oxygens (including phenoxy) is 2. The van der Waals surface area contributed by atoms with E-state index >= 15 is 0 Å². The first kappa shape index (κ1) is 12.9. The molecule has 1 unspecified atom stereocenters. The van der Waals surface area contributed by atoms with E-state index in [9.17, 15) is 9.59 Å². The molecule has 0 N–H and O–H groups in total. The predicted molar refractivity (Wildman–Crippen MR) is 51.7 cm³/mol. The number of hydrogen-bond acceptors (Lipinski definition) is 4. The Morgan fingerprint density at radius 1 is 1.21 bits per heavy atom. The van der Waals surface area contributed by atoms with Gasteiger partial charge in [-0.25, -0.2) is 0 Å². The molecule has 0 rings (SSSR count). The van der Waals surface area contributed by atoms with Crippen LogP contribution in [0.2, 0.25) is 0 Å². The van der Waals surface area contributed by atoms with Crippen molar-refractivity contribution in [2.24, 2.45) is 5.41 Å². The highest BCUT2D eigenvalue weighted by Gasteiger charge is 2.32. The Morgan fingerprint density at radius 3 is 2.14 bits per heavy atom. The van der Waals surface area contributed by atoms with Crippen LogP contribution in [0.4, 0.5) is 0 Å². The molecule has 82 valence electrons. The third-order valence-corrected chi connectivity index (χ3v) is 2.57. The van der Waals surface area contributed by atoms with E-state index in [-0.39, 0.29) is 18.4 Å². The maximum atomic E-state index is 11.4. The van der Waals surface area contributed by atoms with Crippen molar-refractivity contribution in [1.29, 1.82) is 0 Å². The number of carbonyl (C=O) groups is 2. The minimum atomic E-state index is -0.580. The van der Waals surface area contributed by atoms with Crippen LogP contribution in [0.5, 0.6) is 0 Å². The summed E-state index contributed by atoms with van der Waals surface area (Å²) < 4.78 is 9.19. The third-order valence-electron chi connectivity index (χ3n) is 2.57. The molecule has 0 saturated heterocycles. The molecule has 0 fully saturated rings. The number of esters is 2. The Morgan fingerprint density at radius 2 is 1.79 bits per heavy atom. The van der Waals surface area contributed by atoms with Gasteiger partial charge in [-0.2, -0.15) is 0 Å². The predicted octanol–water partition coefficient (Wildman–Crippen LogP) is 1.53. The SMILES string of the molecule is CCC(C)(CCC(=O)OC)C(=O)OC. The molecule has 0 aliphatic rings. The Balaban J connectivity index is 4.26. The van der Waals surface area contributed by atoms with Gasteiger partial charge in [-0.1, -0.05) is 6.92 Å². The lowest BCUT2D eigenvalue weighted by Gasteiger charge is -2.24. The maximum Gasteiger partial charge on any atom is 0.311 e. The van der Waals surface area contributed by atoms with E-state index in [2.05, 4.69) is 9.47 Å². The van der Waals surface area contributed by atoms with E-state index in [0.29, 0.717) is 12.8 Å². The Labute approximate surface area is 84.6 Å². The van der Waals surface area contributed by atoms with Crippen molar-refractivity contribution < 1.29 is 19.1 Å². The lowest BCUT2D eigenvalue weighted by Crippen LogP contribution is -2.29. The highest BCUT2D eigenvalue weighted by Crippen LogP contribution is 2.28. The molecule has 4 heteroatoms. The molecule has 0 aliphatic heterocycles. The van der Waals surface area contributed by atoms with Gasteiger partial charge in [0.1, 0.15) is 0 Å². The molecule has 1 atom stereocenters. The minimum absolute atomic E-state index is 0.246. The standard InChI is InChI=1S/C10H18O4/c1-5-10(2,9(12)14-4)7-6-8(11)13-3/h5-7H2,1-4H3. The normalized spacial score (nSPS) is 14.3. The van der Waals surface area contributed by atoms with Gasteiger partial charge in [-0.3, -0.25) is 9.59 Å². The van der Waals surface area contributed by atoms with Gasteiger partial charge in [-0.15, -0.1) is 0 Å². The summed E-state index contributed by atoms with van der Waals surface area (Å²) >= 11 is 0. The van der Waals surface area contributed by atoms with Gasteiger partial charge in [0.2, 0.25) is 0 Å². The summed E-state index contributed by atoms with van der Waals surface area (Å²) in [6.45, 7) is 3.69. The summed E-state index contributed by atoms with van der Waals surface area (Å²) in [7, 11) is 2.69. The summed E-state index contributed by atoms with van der Waals surface area (Å²) in [5.41, 5.74) is -0.580. The van der Waals surface area contributed by atoms with Crippen LogP contribution in [0.15, 0.2) is 0 Å². The van der Waals surface area contributed by atoms with E-state index in [1.807, 2.05) is 6.92 Å². The molecular weight excluding hydrogens is 184 g/mol. The molecule has 0 aliphatic carbocycles. The molecule has 0 radical (unpaired) electrons. The smallest absolute Gasteiger partial charge is 0.311 e. The van der Waals surface area contributed by atoms with Crippen molar-refractivity contribution in [3.05, 3.63) is 0 Å². The van der Waals surface area contributed by atoms with E-state index < -0.39 is 5.41 Å². The van der Waals surface area contributed by atoms with Crippen LogP contribution in [0.1, 0.15) is 33.1 Å². The molecule has 0 aromatic heterocycles. The molecule has 0 amide bonds. The molecule has 0 bridgehead atoms. The van der Waals surface area contributed by atoms with Crippen molar-refractivity contribution in [3.8, 4) is 0 Å². The van der Waals surface area contributed by atoms with Crippen molar-refractivity contribution >= 4 is 11.9 Å². The zero-order chi connectivity index (χ0) is 11.2. The first-order chi connectivity index (χ1) is 6.50. The summed E-state index contributed by atoms with van der Waals surface area (Å²) in [6.07, 6.45) is 1.36. The van der Waals surface area contributed by atoms with Crippen molar-refractivity contribution in [3.63, 3.8) is 0 Å². The molecule has 0 heterocycles. The van der Waals surface area contributed by atoms with Crippen molar-refractivity contribution in [1.82, 2.24) is 0 Å². The minimum Gasteiger partial charge on any atom is -0.469 e. The zero-order valence-electron chi connectivity index (χ0n) is 9.25. The van der Waals surface area contributed by atoms with E-state index in [1.165, 1.54) is 14.2 Å². The molecule has 0 aromatic rings. The summed E-state index contributed by atoms with van der Waals surface area (Å²) in [4.78, 5) is 22.3. The Hall–Kier alpha value is -1.06. The largest absolute Gasteiger partial charge is 0.469 e. The lowest BCUT2D eigenvalue weighted by atomic mass is 9.83. The summed E-state index contributed by atoms with van der Waals surface area (Å²) in [5.74, 6) is -0.572. The average Bonchev–Trinajstić information content (AvgIpc) is 2.23. The Bertz CT molecular complexity index is 212. The van der Waals surface area contributed by atoms with E-state index in [4.69, 9.17) is 0 Å². The highest BCUT2D eigenvalue weighted by atomic mass is 16.5. The Kier molecular flexibility index (Phi) is 5.20. The van der Waals surface area contributed by atoms with Crippen LogP contribution < -0.4 is 0 Å². The summed E-state index contributed by atoms with van der Waals surface area (Å²) in [5, 5.41) is 0. The number of rotatable bonds is 5. The third kappa shape index (κ3) is 3.36. The van der Waals surface area contributed by atoms with Gasteiger partial charge < -0.3 is 9.47 Å². The van der Waals surface area contributed by atoms with E-state index in [1.54, 1.807) is 6.92 Å². The van der Waals surface area contributed by atoms with Crippen LogP contribution >= 0.6 is 0 Å². The molecule has 4 nitrogen and oxygen atoms in total. The number of carbonyl (C=O) groups excluding carboxylic acids is 2. The van der Waals surface area contributed by atoms with Crippen LogP contribution in [-0.2, 0) is 19.1 Å². The highest BCUT2D eigenvalue weighted by molar-refractivity contribution is 5.77. The van der Waals surface area contributed by atoms with Crippen LogP contribution in [-0.4, -0.2) is 26.2 Å². The van der Waals surface area contributed by atoms with Crippen molar-refractivity contribution in [2.45, 2.75) is 33.1 Å². The number of methoxy groups -OCH3 is 2. The van der Waals surface area contributed by atoms with Crippen LogP contribution in [0.25, 0.3) is 0 Å². The first-order valence-electron chi connectivity index (χ1n) is 4.65. The fourth-order valence-electron chi connectivity index (χ4n) is 1.15. The second kappa shape index (κ2) is 5.62. The zero-order valence-corrected chi connectivity index (χ0v) is 9.25. The van der Waals surface area contributed by atoms with Gasteiger partial charge >= 0.3 is 11.9 Å². The molecule has 0 aromatic carbocycles. The second-order valence-electron chi connectivity index (χ2n) is 3.48. The van der Waals surface area contributed by atoms with Gasteiger partial charge in [-0.05, 0) is 19.8 Å². The first-order valence-corrected chi connectivity index (χ1v) is 4.65. The fourth-order valence-corrected chi connectivity index (χ4v) is 1.15. The van der Waals surface area contributed by atoms with Gasteiger partial charge in [0, 0.05) is 6.42 Å². The lowest BCUT2D eigenvalue weighted by molar-refractivity contribution is -0.153. The van der Waals surface area contributed by atoms with Crippen LogP contribution in [0.3, 0.4) is 0 Å². The van der Waals surface area contributed by atoms with E-state index in [0.717, 1.165) is 0 Å². The topological polar surface area (TPSA) is 52.6 Å². The van der Waals surface area contributed by atoms with Gasteiger partial charge in [0.05, 0.1) is 19.6 Å². The second-order valence-corrected chi connectivity index (χ2v) is 3.48. The molecule has 14 heavy (non-hydrogen) atoms. The fraction of sp³-hybridized carbons (Fsp3) is 0.800.